The van der Waals surface area contributed by atoms with Crippen LogP contribution >= 0.6 is 0 Å². The molecule has 10 nitrogen and oxygen atoms in total. The first-order valence-corrected chi connectivity index (χ1v) is 13.9. The molecule has 40 heavy (non-hydrogen) atoms. The summed E-state index contributed by atoms with van der Waals surface area (Å²) in [6.07, 6.45) is 0.582. The van der Waals surface area contributed by atoms with Crippen LogP contribution in [0.5, 0.6) is 17.2 Å². The van der Waals surface area contributed by atoms with Crippen molar-refractivity contribution in [3.05, 3.63) is 82.9 Å². The van der Waals surface area contributed by atoms with Crippen LogP contribution in [0.4, 0.5) is 0 Å². The zero-order valence-corrected chi connectivity index (χ0v) is 23.9. The Morgan fingerprint density at radius 1 is 0.900 bits per heavy atom. The van der Waals surface area contributed by atoms with Crippen LogP contribution in [0.1, 0.15) is 37.9 Å². The Kier molecular flexibility index (Phi) is 8.65. The number of ether oxygens (including phenoxy) is 4. The van der Waals surface area contributed by atoms with Gasteiger partial charge >= 0.3 is 5.97 Å². The fraction of sp³-hybridized carbons (Fsp3) is 0.310. The highest BCUT2D eigenvalue weighted by atomic mass is 32.2. The maximum Gasteiger partial charge on any atom is 0.337 e. The summed E-state index contributed by atoms with van der Waals surface area (Å²) in [5.74, 6) is 0.933. The molecule has 0 saturated carbocycles. The van der Waals surface area contributed by atoms with Gasteiger partial charge in [0.2, 0.25) is 10.0 Å². The smallest absolute Gasteiger partial charge is 0.337 e. The Morgan fingerprint density at radius 3 is 2.08 bits per heavy atom. The van der Waals surface area contributed by atoms with E-state index in [0.717, 1.165) is 15.4 Å². The molecule has 0 saturated heterocycles. The summed E-state index contributed by atoms with van der Waals surface area (Å²) in [4.78, 5) is 27.4. The van der Waals surface area contributed by atoms with Gasteiger partial charge in [-0.2, -0.15) is 0 Å². The van der Waals surface area contributed by atoms with Gasteiger partial charge in [0.25, 0.3) is 5.91 Å². The zero-order chi connectivity index (χ0) is 29.0. The van der Waals surface area contributed by atoms with Crippen LogP contribution in [0.3, 0.4) is 0 Å². The number of fused-ring (bicyclic) bond motifs is 1. The number of hydrogen-bond acceptors (Lipinski definition) is 8. The van der Waals surface area contributed by atoms with Crippen molar-refractivity contribution < 1.29 is 37.0 Å². The lowest BCUT2D eigenvalue weighted by Gasteiger charge is -2.37. The summed E-state index contributed by atoms with van der Waals surface area (Å²) in [5, 5.41) is 0. The van der Waals surface area contributed by atoms with Gasteiger partial charge in [-0.15, -0.1) is 0 Å². The molecule has 1 aliphatic rings. The highest BCUT2D eigenvalue weighted by molar-refractivity contribution is 7.89. The lowest BCUT2D eigenvalue weighted by molar-refractivity contribution is 0.0582. The van der Waals surface area contributed by atoms with E-state index in [2.05, 4.69) is 0 Å². The van der Waals surface area contributed by atoms with Crippen LogP contribution in [0, 0.1) is 0 Å². The molecule has 0 fully saturated rings. The van der Waals surface area contributed by atoms with E-state index in [1.165, 1.54) is 45.5 Å². The second-order valence-electron chi connectivity index (χ2n) is 9.31. The Balaban J connectivity index is 1.66. The maximum absolute atomic E-state index is 13.8. The van der Waals surface area contributed by atoms with Crippen LogP contribution in [-0.4, -0.2) is 78.1 Å². The fourth-order valence-electron chi connectivity index (χ4n) is 4.58. The second kappa shape index (κ2) is 12.0. The number of nitrogens with zero attached hydrogens (tertiary/aromatic N) is 2. The van der Waals surface area contributed by atoms with E-state index in [1.807, 2.05) is 12.1 Å². The van der Waals surface area contributed by atoms with Crippen LogP contribution in [0.2, 0.25) is 0 Å². The number of carbonyl (C=O) groups is 2. The van der Waals surface area contributed by atoms with Gasteiger partial charge in [0.05, 0.1) is 37.8 Å². The molecule has 212 valence electrons. The standard InChI is InChI=1S/C29H32N2O8S/c1-30(2)40(34,35)23-12-8-19(9-13-23)28(32)31-15-14-21-16-26(36-3)27(37-4)17-24(21)25(31)18-39-22-10-6-20(7-11-22)29(33)38-5/h6-13,16-17,25H,14-15,18H2,1-5H3. The van der Waals surface area contributed by atoms with Gasteiger partial charge in [0.1, 0.15) is 12.4 Å². The summed E-state index contributed by atoms with van der Waals surface area (Å²) in [6.45, 7) is 0.535. The number of benzene rings is 3. The van der Waals surface area contributed by atoms with E-state index >= 15 is 0 Å². The van der Waals surface area contributed by atoms with Gasteiger partial charge in [-0.1, -0.05) is 0 Å². The molecule has 1 heterocycles. The summed E-state index contributed by atoms with van der Waals surface area (Å²) in [6, 6.07) is 15.7. The maximum atomic E-state index is 13.8. The predicted octanol–water partition coefficient (Wildman–Crippen LogP) is 3.56. The molecule has 11 heteroatoms. The number of esters is 1. The number of sulfonamides is 1. The molecular weight excluding hydrogens is 536 g/mol. The monoisotopic (exact) mass is 568 g/mol. The van der Waals surface area contributed by atoms with E-state index in [1.54, 1.807) is 43.4 Å². The average Bonchev–Trinajstić information content (AvgIpc) is 2.98. The number of methoxy groups -OCH3 is 3. The Labute approximate surface area is 234 Å². The first-order valence-electron chi connectivity index (χ1n) is 12.5. The molecule has 0 N–H and O–H groups in total. The average molecular weight is 569 g/mol. The molecule has 3 aromatic rings. The van der Waals surface area contributed by atoms with E-state index in [0.29, 0.717) is 41.3 Å². The van der Waals surface area contributed by atoms with Crippen molar-refractivity contribution in [1.29, 1.82) is 0 Å². The molecule has 4 rings (SSSR count). The molecule has 0 radical (unpaired) electrons. The Hall–Kier alpha value is -4.09. The van der Waals surface area contributed by atoms with Gasteiger partial charge in [-0.05, 0) is 78.2 Å². The minimum Gasteiger partial charge on any atom is -0.493 e. The van der Waals surface area contributed by atoms with Gasteiger partial charge in [0, 0.05) is 26.2 Å². The third-order valence-electron chi connectivity index (χ3n) is 6.83. The summed E-state index contributed by atoms with van der Waals surface area (Å²) in [7, 11) is 3.72. The van der Waals surface area contributed by atoms with Gasteiger partial charge < -0.3 is 23.8 Å². The first kappa shape index (κ1) is 28.9. The SMILES string of the molecule is COC(=O)c1ccc(OCC2c3cc(OC)c(OC)cc3CCN2C(=O)c2ccc(S(=O)(=O)N(C)C)cc2)cc1. The molecule has 1 unspecified atom stereocenters. The molecule has 0 aromatic heterocycles. The van der Waals surface area contributed by atoms with E-state index in [-0.39, 0.29) is 17.4 Å². The van der Waals surface area contributed by atoms with E-state index in [4.69, 9.17) is 18.9 Å². The number of amides is 1. The molecular formula is C29H32N2O8S. The first-order chi connectivity index (χ1) is 19.1. The molecule has 3 aromatic carbocycles. The summed E-state index contributed by atoms with van der Waals surface area (Å²) >= 11 is 0. The molecule has 0 aliphatic carbocycles. The van der Waals surface area contributed by atoms with Crippen molar-refractivity contribution in [3.63, 3.8) is 0 Å². The second-order valence-corrected chi connectivity index (χ2v) is 11.5. The minimum atomic E-state index is -3.63. The van der Waals surface area contributed by atoms with Crippen molar-refractivity contribution >= 4 is 21.9 Å². The van der Waals surface area contributed by atoms with Crippen molar-refractivity contribution in [2.75, 3.05) is 48.6 Å². The van der Waals surface area contributed by atoms with Crippen LogP contribution in [-0.2, 0) is 21.2 Å². The summed E-state index contributed by atoms with van der Waals surface area (Å²) in [5.41, 5.74) is 2.61. The molecule has 0 spiro atoms. The molecule has 1 aliphatic heterocycles. The fourth-order valence-corrected chi connectivity index (χ4v) is 5.48. The zero-order valence-electron chi connectivity index (χ0n) is 23.0. The summed E-state index contributed by atoms with van der Waals surface area (Å²) < 4.78 is 47.9. The largest absolute Gasteiger partial charge is 0.493 e. The van der Waals surface area contributed by atoms with E-state index in [9.17, 15) is 18.0 Å². The van der Waals surface area contributed by atoms with Crippen LogP contribution in [0.25, 0.3) is 0 Å². The number of hydrogen-bond donors (Lipinski definition) is 0. The van der Waals surface area contributed by atoms with E-state index < -0.39 is 22.0 Å². The molecule has 1 amide bonds. The van der Waals surface area contributed by atoms with Crippen LogP contribution in [0.15, 0.2) is 65.6 Å². The Morgan fingerprint density at radius 2 is 1.50 bits per heavy atom. The third-order valence-corrected chi connectivity index (χ3v) is 8.66. The molecule has 1 atom stereocenters. The van der Waals surface area contributed by atoms with Crippen molar-refractivity contribution in [3.8, 4) is 17.2 Å². The highest BCUT2D eigenvalue weighted by Gasteiger charge is 2.33. The van der Waals surface area contributed by atoms with Crippen molar-refractivity contribution in [2.45, 2.75) is 17.4 Å². The highest BCUT2D eigenvalue weighted by Crippen LogP contribution is 2.39. The molecule has 0 bridgehead atoms. The van der Waals surface area contributed by atoms with Crippen molar-refractivity contribution in [2.24, 2.45) is 0 Å². The topological polar surface area (TPSA) is 112 Å². The third kappa shape index (κ3) is 5.75. The predicted molar refractivity (Wildman–Crippen MR) is 148 cm³/mol. The lowest BCUT2D eigenvalue weighted by Crippen LogP contribution is -2.42. The number of carbonyl (C=O) groups excluding carboxylic acids is 2. The van der Waals surface area contributed by atoms with Crippen LogP contribution < -0.4 is 14.2 Å². The minimum absolute atomic E-state index is 0.102. The quantitative estimate of drug-likeness (QED) is 0.361. The van der Waals surface area contributed by atoms with Crippen molar-refractivity contribution in [1.82, 2.24) is 9.21 Å². The number of rotatable bonds is 9. The van der Waals surface area contributed by atoms with Gasteiger partial charge in [0.15, 0.2) is 11.5 Å². The lowest BCUT2D eigenvalue weighted by atomic mass is 9.91. The normalized spacial score (nSPS) is 14.8. The van der Waals surface area contributed by atoms with Gasteiger partial charge in [-0.3, -0.25) is 4.79 Å². The van der Waals surface area contributed by atoms with Gasteiger partial charge in [-0.25, -0.2) is 17.5 Å². The Bertz CT molecular complexity index is 1490.